The molecule has 3 atom stereocenters. The molecule has 1 aliphatic heterocycles. The minimum atomic E-state index is -0.302. The van der Waals surface area contributed by atoms with Crippen LogP contribution in [0.5, 0.6) is 0 Å². The minimum Gasteiger partial charge on any atom is -0.303 e. The maximum atomic E-state index is 9.34. The van der Waals surface area contributed by atoms with Crippen LogP contribution in [0.4, 0.5) is 0 Å². The summed E-state index contributed by atoms with van der Waals surface area (Å²) in [5.74, 6) is 1.99. The van der Waals surface area contributed by atoms with Gasteiger partial charge in [-0.25, -0.2) is 0 Å². The number of hydrogen-bond acceptors (Lipinski definition) is 3. The van der Waals surface area contributed by atoms with Crippen LogP contribution >= 0.6 is 0 Å². The van der Waals surface area contributed by atoms with Gasteiger partial charge in [0.1, 0.15) is 5.54 Å². The third-order valence-corrected chi connectivity index (χ3v) is 5.75. The molecule has 3 heteroatoms. The average Bonchev–Trinajstić information content (AvgIpc) is 2.52. The second-order valence-corrected chi connectivity index (χ2v) is 6.79. The summed E-state index contributed by atoms with van der Waals surface area (Å²) in [6, 6.07) is 2.47. The number of fused-ring (bicyclic) bond motifs is 1. The molecule has 3 unspecified atom stereocenters. The molecule has 2 aliphatic rings. The maximum Gasteiger partial charge on any atom is 0.106 e. The number of nitrogens with one attached hydrogen (secondary N) is 1. The zero-order valence-electron chi connectivity index (χ0n) is 13.3. The predicted octanol–water partition coefficient (Wildman–Crippen LogP) is 3.17. The van der Waals surface area contributed by atoms with Crippen molar-refractivity contribution in [1.29, 1.82) is 5.26 Å². The van der Waals surface area contributed by atoms with Crippen molar-refractivity contribution in [2.24, 2.45) is 11.8 Å². The fourth-order valence-electron chi connectivity index (χ4n) is 4.15. The normalized spacial score (nSPS) is 30.2. The van der Waals surface area contributed by atoms with Crippen molar-refractivity contribution < 1.29 is 0 Å². The van der Waals surface area contributed by atoms with E-state index in [9.17, 15) is 5.26 Å². The Morgan fingerprint density at radius 2 is 2.00 bits per heavy atom. The lowest BCUT2D eigenvalue weighted by molar-refractivity contribution is 0.0845. The van der Waals surface area contributed by atoms with Crippen molar-refractivity contribution in [3.63, 3.8) is 0 Å². The summed E-state index contributed by atoms with van der Waals surface area (Å²) in [6.45, 7) is 5.88. The van der Waals surface area contributed by atoms with Gasteiger partial charge in [0.25, 0.3) is 0 Å². The molecule has 114 valence electrons. The Morgan fingerprint density at radius 3 is 2.65 bits per heavy atom. The van der Waals surface area contributed by atoms with E-state index in [2.05, 4.69) is 23.2 Å². The van der Waals surface area contributed by atoms with Crippen LogP contribution in [0.2, 0.25) is 0 Å². The summed E-state index contributed by atoms with van der Waals surface area (Å²) in [5, 5.41) is 12.6. The van der Waals surface area contributed by atoms with Gasteiger partial charge in [-0.3, -0.25) is 0 Å². The highest BCUT2D eigenvalue weighted by atomic mass is 15.1. The van der Waals surface area contributed by atoms with Gasteiger partial charge >= 0.3 is 0 Å². The molecule has 1 heterocycles. The number of hydrogen-bond donors (Lipinski definition) is 1. The van der Waals surface area contributed by atoms with E-state index in [-0.39, 0.29) is 5.54 Å². The van der Waals surface area contributed by atoms with Gasteiger partial charge in [-0.1, -0.05) is 26.2 Å². The van der Waals surface area contributed by atoms with Crippen LogP contribution in [0.15, 0.2) is 0 Å². The highest BCUT2D eigenvalue weighted by Gasteiger charge is 2.31. The summed E-state index contributed by atoms with van der Waals surface area (Å²) in [7, 11) is 1.92. The van der Waals surface area contributed by atoms with E-state index >= 15 is 0 Å². The van der Waals surface area contributed by atoms with E-state index in [4.69, 9.17) is 0 Å². The van der Waals surface area contributed by atoms with Gasteiger partial charge in [-0.05, 0) is 64.1 Å². The topological polar surface area (TPSA) is 39.1 Å². The molecule has 0 amide bonds. The summed E-state index contributed by atoms with van der Waals surface area (Å²) in [6.07, 6.45) is 10.3. The molecule has 0 aromatic carbocycles. The average molecular weight is 277 g/mol. The molecule has 1 saturated heterocycles. The first kappa shape index (κ1) is 15.8. The quantitative estimate of drug-likeness (QED) is 0.810. The minimum absolute atomic E-state index is 0.302. The lowest BCUT2D eigenvalue weighted by atomic mass is 9.75. The molecule has 20 heavy (non-hydrogen) atoms. The molecule has 0 aromatic rings. The Labute approximate surface area is 124 Å². The molecule has 1 saturated carbocycles. The number of nitriles is 1. The van der Waals surface area contributed by atoms with Crippen LogP contribution in [-0.4, -0.2) is 37.1 Å². The Kier molecular flexibility index (Phi) is 5.86. The molecule has 1 N–H and O–H groups in total. The Balaban J connectivity index is 1.73. The molecule has 0 radical (unpaired) electrons. The van der Waals surface area contributed by atoms with Crippen molar-refractivity contribution in [1.82, 2.24) is 10.2 Å². The predicted molar refractivity (Wildman–Crippen MR) is 83.4 cm³/mol. The van der Waals surface area contributed by atoms with E-state index in [1.54, 1.807) is 0 Å². The van der Waals surface area contributed by atoms with E-state index < -0.39 is 0 Å². The fourth-order valence-corrected chi connectivity index (χ4v) is 4.15. The maximum absolute atomic E-state index is 9.34. The molecule has 0 bridgehead atoms. The first-order chi connectivity index (χ1) is 9.73. The summed E-state index contributed by atoms with van der Waals surface area (Å²) >= 11 is 0. The van der Waals surface area contributed by atoms with Gasteiger partial charge in [-0.15, -0.1) is 0 Å². The van der Waals surface area contributed by atoms with Crippen LogP contribution in [-0.2, 0) is 0 Å². The van der Waals surface area contributed by atoms with Crippen LogP contribution in [0.1, 0.15) is 58.3 Å². The molecule has 2 fully saturated rings. The lowest BCUT2D eigenvalue weighted by Gasteiger charge is -2.41. The van der Waals surface area contributed by atoms with Gasteiger partial charge in [-0.2, -0.15) is 5.26 Å². The third kappa shape index (κ3) is 3.74. The Hall–Kier alpha value is -0.590. The number of rotatable bonds is 6. The van der Waals surface area contributed by atoms with Gasteiger partial charge in [0.15, 0.2) is 0 Å². The highest BCUT2D eigenvalue weighted by Crippen LogP contribution is 2.36. The van der Waals surface area contributed by atoms with Gasteiger partial charge in [0, 0.05) is 6.54 Å². The first-order valence-corrected chi connectivity index (χ1v) is 8.55. The van der Waals surface area contributed by atoms with E-state index in [1.807, 2.05) is 7.05 Å². The van der Waals surface area contributed by atoms with Crippen molar-refractivity contribution in [2.45, 2.75) is 63.8 Å². The smallest absolute Gasteiger partial charge is 0.106 e. The molecule has 3 nitrogen and oxygen atoms in total. The summed E-state index contributed by atoms with van der Waals surface area (Å²) in [5.41, 5.74) is -0.302. The standard InChI is InChI=1S/C17H31N3/c1-3-17(14-18,19-2)10-6-11-20-12-9-15-7-4-5-8-16(15)13-20/h15-16,19H,3-13H2,1-2H3. The number of piperidine rings is 1. The summed E-state index contributed by atoms with van der Waals surface area (Å²) < 4.78 is 0. The highest BCUT2D eigenvalue weighted by molar-refractivity contribution is 5.05. The van der Waals surface area contributed by atoms with Crippen molar-refractivity contribution in [2.75, 3.05) is 26.7 Å². The van der Waals surface area contributed by atoms with E-state index in [1.165, 1.54) is 51.7 Å². The van der Waals surface area contributed by atoms with Crippen LogP contribution in [0.3, 0.4) is 0 Å². The fraction of sp³-hybridized carbons (Fsp3) is 0.941. The first-order valence-electron chi connectivity index (χ1n) is 8.55. The van der Waals surface area contributed by atoms with Crippen LogP contribution in [0, 0.1) is 23.2 Å². The second kappa shape index (κ2) is 7.43. The molecule has 0 spiro atoms. The van der Waals surface area contributed by atoms with Crippen molar-refractivity contribution in [3.05, 3.63) is 0 Å². The van der Waals surface area contributed by atoms with E-state index in [0.717, 1.165) is 31.1 Å². The zero-order chi connectivity index (χ0) is 14.4. The molecular weight excluding hydrogens is 246 g/mol. The van der Waals surface area contributed by atoms with Crippen LogP contribution < -0.4 is 5.32 Å². The zero-order valence-corrected chi connectivity index (χ0v) is 13.3. The lowest BCUT2D eigenvalue weighted by Crippen LogP contribution is -2.44. The monoisotopic (exact) mass is 277 g/mol. The van der Waals surface area contributed by atoms with E-state index in [0.29, 0.717) is 0 Å². The van der Waals surface area contributed by atoms with Gasteiger partial charge in [0.2, 0.25) is 0 Å². The molecular formula is C17H31N3. The Morgan fingerprint density at radius 1 is 1.25 bits per heavy atom. The largest absolute Gasteiger partial charge is 0.303 e. The van der Waals surface area contributed by atoms with Crippen molar-refractivity contribution in [3.8, 4) is 6.07 Å². The Bertz CT molecular complexity index is 330. The SMILES string of the molecule is CCC(C#N)(CCCN1CCC2CCCCC2C1)NC. The van der Waals surface area contributed by atoms with Crippen LogP contribution in [0.25, 0.3) is 0 Å². The van der Waals surface area contributed by atoms with Gasteiger partial charge in [0.05, 0.1) is 6.07 Å². The molecule has 1 aliphatic carbocycles. The molecule has 2 rings (SSSR count). The summed E-state index contributed by atoms with van der Waals surface area (Å²) in [4.78, 5) is 2.65. The van der Waals surface area contributed by atoms with Crippen molar-refractivity contribution >= 4 is 0 Å². The number of nitrogens with zero attached hydrogens (tertiary/aromatic N) is 2. The molecule has 0 aromatic heterocycles. The second-order valence-electron chi connectivity index (χ2n) is 6.79. The third-order valence-electron chi connectivity index (χ3n) is 5.75. The van der Waals surface area contributed by atoms with Gasteiger partial charge < -0.3 is 10.2 Å². The number of likely N-dealkylation sites (tertiary alicyclic amines) is 1.